The van der Waals surface area contributed by atoms with E-state index in [1.807, 2.05) is 29.8 Å². The van der Waals surface area contributed by atoms with Crippen molar-refractivity contribution in [1.82, 2.24) is 24.5 Å². The fraction of sp³-hybridized carbons (Fsp3) is 0.0769. The lowest BCUT2D eigenvalue weighted by molar-refractivity contribution is 0.924. The van der Waals surface area contributed by atoms with E-state index in [2.05, 4.69) is 26.0 Å². The van der Waals surface area contributed by atoms with Crippen LogP contribution in [-0.4, -0.2) is 24.5 Å². The zero-order chi connectivity index (χ0) is 14.4. The molecule has 21 heavy (non-hydrogen) atoms. The lowest BCUT2D eigenvalue weighted by Crippen LogP contribution is -1.93. The molecule has 0 saturated heterocycles. The van der Waals surface area contributed by atoms with E-state index in [1.54, 1.807) is 17.7 Å². The number of fused-ring (bicyclic) bond motifs is 2. The molecule has 0 saturated carbocycles. The molecule has 4 aromatic rings. The first-order valence-electron chi connectivity index (χ1n) is 6.09. The van der Waals surface area contributed by atoms with Gasteiger partial charge in [-0.05, 0) is 35.5 Å². The van der Waals surface area contributed by atoms with Gasteiger partial charge in [-0.3, -0.25) is 0 Å². The molecule has 5 nitrogen and oxygen atoms in total. The Kier molecular flexibility index (Phi) is 3.06. The van der Waals surface area contributed by atoms with E-state index in [-0.39, 0.29) is 5.28 Å². The Morgan fingerprint density at radius 3 is 2.90 bits per heavy atom. The third-order valence-electron chi connectivity index (χ3n) is 2.97. The SMILES string of the molecule is Cn1cnc2nc(Cl)nc(Sc3nc4ccccc4s3)c21. The molecule has 3 heterocycles. The first-order valence-corrected chi connectivity index (χ1v) is 8.10. The van der Waals surface area contributed by atoms with Crippen molar-refractivity contribution in [3.05, 3.63) is 35.9 Å². The lowest BCUT2D eigenvalue weighted by Gasteiger charge is -2.01. The molecule has 4 rings (SSSR count). The summed E-state index contributed by atoms with van der Waals surface area (Å²) in [4.78, 5) is 17.3. The lowest BCUT2D eigenvalue weighted by atomic mass is 10.3. The second-order valence-corrected chi connectivity index (χ2v) is 6.98. The number of halogens is 1. The summed E-state index contributed by atoms with van der Waals surface area (Å²) in [6, 6.07) is 8.05. The number of para-hydroxylation sites is 1. The van der Waals surface area contributed by atoms with Crippen molar-refractivity contribution in [1.29, 1.82) is 0 Å². The van der Waals surface area contributed by atoms with Crippen molar-refractivity contribution < 1.29 is 0 Å². The minimum absolute atomic E-state index is 0.199. The summed E-state index contributed by atoms with van der Waals surface area (Å²) in [5.74, 6) is 0. The fourth-order valence-electron chi connectivity index (χ4n) is 2.04. The quantitative estimate of drug-likeness (QED) is 0.413. The first-order chi connectivity index (χ1) is 10.2. The van der Waals surface area contributed by atoms with Gasteiger partial charge in [0.1, 0.15) is 10.5 Å². The van der Waals surface area contributed by atoms with Crippen LogP contribution in [-0.2, 0) is 7.05 Å². The molecule has 0 aliphatic rings. The molecule has 104 valence electrons. The normalized spacial score (nSPS) is 11.5. The van der Waals surface area contributed by atoms with Gasteiger partial charge in [0.25, 0.3) is 0 Å². The Morgan fingerprint density at radius 2 is 2.05 bits per heavy atom. The molecule has 8 heteroatoms. The summed E-state index contributed by atoms with van der Waals surface area (Å²) in [5, 5.41) is 0.967. The van der Waals surface area contributed by atoms with Crippen molar-refractivity contribution in [2.75, 3.05) is 0 Å². The van der Waals surface area contributed by atoms with Crippen molar-refractivity contribution in [3.8, 4) is 0 Å². The maximum atomic E-state index is 5.98. The number of hydrogen-bond acceptors (Lipinski definition) is 6. The molecule has 0 N–H and O–H groups in total. The van der Waals surface area contributed by atoms with Gasteiger partial charge in [0.2, 0.25) is 5.28 Å². The van der Waals surface area contributed by atoms with E-state index in [1.165, 1.54) is 11.8 Å². The van der Waals surface area contributed by atoms with Crippen LogP contribution in [0.4, 0.5) is 0 Å². The summed E-state index contributed by atoms with van der Waals surface area (Å²) in [6.45, 7) is 0. The van der Waals surface area contributed by atoms with Crippen molar-refractivity contribution in [2.45, 2.75) is 9.37 Å². The standard InChI is InChI=1S/C13H8ClN5S2/c1-19-6-15-10-9(19)11(18-12(14)17-10)21-13-16-7-4-2-3-5-8(7)20-13/h2-6H,1H3. The zero-order valence-electron chi connectivity index (χ0n) is 10.8. The highest BCUT2D eigenvalue weighted by Gasteiger charge is 2.14. The highest BCUT2D eigenvalue weighted by Crippen LogP contribution is 2.36. The summed E-state index contributed by atoms with van der Waals surface area (Å²) < 4.78 is 3.97. The summed E-state index contributed by atoms with van der Waals surface area (Å²) in [6.07, 6.45) is 1.71. The Hall–Kier alpha value is -1.70. The minimum atomic E-state index is 0.199. The number of aromatic nitrogens is 5. The van der Waals surface area contributed by atoms with Crippen LogP contribution in [0.3, 0.4) is 0 Å². The van der Waals surface area contributed by atoms with Crippen LogP contribution in [0.25, 0.3) is 21.4 Å². The molecule has 0 bridgehead atoms. The van der Waals surface area contributed by atoms with Crippen LogP contribution in [0.15, 0.2) is 40.0 Å². The van der Waals surface area contributed by atoms with Gasteiger partial charge in [-0.25, -0.2) is 15.0 Å². The number of rotatable bonds is 2. The largest absolute Gasteiger partial charge is 0.330 e. The topological polar surface area (TPSA) is 56.5 Å². The third-order valence-corrected chi connectivity index (χ3v) is 5.21. The van der Waals surface area contributed by atoms with Crippen molar-refractivity contribution >= 4 is 56.1 Å². The summed E-state index contributed by atoms with van der Waals surface area (Å²) in [5.41, 5.74) is 2.45. The number of benzene rings is 1. The second-order valence-electron chi connectivity index (χ2n) is 4.38. The van der Waals surface area contributed by atoms with Crippen LogP contribution in [0.1, 0.15) is 0 Å². The van der Waals surface area contributed by atoms with Gasteiger partial charge in [-0.1, -0.05) is 12.1 Å². The smallest absolute Gasteiger partial charge is 0.225 e. The molecule has 0 aliphatic heterocycles. The summed E-state index contributed by atoms with van der Waals surface area (Å²) in [7, 11) is 1.91. The average molecular weight is 334 g/mol. The summed E-state index contributed by atoms with van der Waals surface area (Å²) >= 11 is 9.10. The van der Waals surface area contributed by atoms with E-state index in [9.17, 15) is 0 Å². The van der Waals surface area contributed by atoms with Crippen LogP contribution >= 0.6 is 34.7 Å². The molecule has 3 aromatic heterocycles. The number of hydrogen-bond donors (Lipinski definition) is 0. The predicted molar refractivity (Wildman–Crippen MR) is 85.1 cm³/mol. The van der Waals surface area contributed by atoms with E-state index in [4.69, 9.17) is 11.6 Å². The predicted octanol–water partition coefficient (Wildman–Crippen LogP) is 3.78. The second kappa shape index (κ2) is 4.94. The molecule has 0 spiro atoms. The van der Waals surface area contributed by atoms with Gasteiger partial charge in [-0.2, -0.15) is 4.98 Å². The van der Waals surface area contributed by atoms with E-state index < -0.39 is 0 Å². The Balaban J connectivity index is 1.84. The number of aryl methyl sites for hydroxylation is 1. The number of nitrogens with zero attached hydrogens (tertiary/aromatic N) is 5. The van der Waals surface area contributed by atoms with Crippen LogP contribution in [0, 0.1) is 0 Å². The average Bonchev–Trinajstić information content (AvgIpc) is 3.02. The van der Waals surface area contributed by atoms with E-state index in [0.29, 0.717) is 5.65 Å². The highest BCUT2D eigenvalue weighted by atomic mass is 35.5. The Bertz CT molecular complexity index is 929. The van der Waals surface area contributed by atoms with Gasteiger partial charge in [0.05, 0.1) is 16.5 Å². The molecule has 0 aliphatic carbocycles. The van der Waals surface area contributed by atoms with Gasteiger partial charge in [-0.15, -0.1) is 11.3 Å². The fourth-order valence-corrected chi connectivity index (χ4v) is 4.40. The van der Waals surface area contributed by atoms with Gasteiger partial charge in [0.15, 0.2) is 9.99 Å². The van der Waals surface area contributed by atoms with Crippen molar-refractivity contribution in [2.24, 2.45) is 7.05 Å². The number of thiazole rings is 1. The zero-order valence-corrected chi connectivity index (χ0v) is 13.2. The van der Waals surface area contributed by atoms with Gasteiger partial charge in [0, 0.05) is 7.05 Å². The maximum absolute atomic E-state index is 5.98. The van der Waals surface area contributed by atoms with E-state index in [0.717, 1.165) is 25.1 Å². The molecule has 0 amide bonds. The van der Waals surface area contributed by atoms with Crippen molar-refractivity contribution in [3.63, 3.8) is 0 Å². The number of imidazole rings is 1. The monoisotopic (exact) mass is 333 g/mol. The molecular weight excluding hydrogens is 326 g/mol. The van der Waals surface area contributed by atoms with Gasteiger partial charge < -0.3 is 4.57 Å². The first kappa shape index (κ1) is 13.0. The minimum Gasteiger partial charge on any atom is -0.330 e. The Labute approximate surface area is 133 Å². The molecular formula is C13H8ClN5S2. The third kappa shape index (κ3) is 2.27. The van der Waals surface area contributed by atoms with Crippen LogP contribution in [0.2, 0.25) is 5.28 Å². The van der Waals surface area contributed by atoms with E-state index >= 15 is 0 Å². The molecule has 0 fully saturated rings. The van der Waals surface area contributed by atoms with Crippen LogP contribution < -0.4 is 0 Å². The molecule has 0 unspecified atom stereocenters. The molecule has 0 radical (unpaired) electrons. The Morgan fingerprint density at radius 1 is 1.19 bits per heavy atom. The molecule has 0 atom stereocenters. The maximum Gasteiger partial charge on any atom is 0.225 e. The molecule has 1 aromatic carbocycles. The highest BCUT2D eigenvalue weighted by molar-refractivity contribution is 8.01. The van der Waals surface area contributed by atoms with Gasteiger partial charge >= 0.3 is 0 Å². The van der Waals surface area contributed by atoms with Crippen LogP contribution in [0.5, 0.6) is 0 Å².